The maximum absolute atomic E-state index is 12.2. The van der Waals surface area contributed by atoms with E-state index in [1.807, 2.05) is 0 Å². The molecule has 136 valence electrons. The van der Waals surface area contributed by atoms with Crippen LogP contribution >= 0.6 is 9.24 Å². The fourth-order valence-corrected chi connectivity index (χ4v) is 3.17. The molecule has 0 spiro atoms. The van der Waals surface area contributed by atoms with E-state index < -0.39 is 36.3 Å². The summed E-state index contributed by atoms with van der Waals surface area (Å²) in [5.41, 5.74) is 6.03. The third-order valence-electron chi connectivity index (χ3n) is 4.11. The minimum atomic E-state index is -0.887. The lowest BCUT2D eigenvalue weighted by Crippen LogP contribution is -2.56. The standard InChI is InChI=1S/C17H24N3O4P/c1-2-3-4-5-6-7-8-11-9-20(17(23)19-15(11)18)16-14(25)13(22)12(10-21)24-16/h1,9,12-16,21-22H,3-6,10,18,25H2,(H,19,23)/t12-,13+,14?,15?,16-/m1/s1. The van der Waals surface area contributed by atoms with E-state index in [-0.39, 0.29) is 6.61 Å². The Balaban J connectivity index is 2.08. The quantitative estimate of drug-likeness (QED) is 0.304. The monoisotopic (exact) mass is 365 g/mol. The van der Waals surface area contributed by atoms with Gasteiger partial charge in [0, 0.05) is 24.7 Å². The molecule has 2 aliphatic heterocycles. The van der Waals surface area contributed by atoms with Gasteiger partial charge in [0.1, 0.15) is 18.5 Å². The molecule has 3 unspecified atom stereocenters. The molecule has 5 N–H and O–H groups in total. The third-order valence-corrected chi connectivity index (χ3v) is 4.83. The van der Waals surface area contributed by atoms with Gasteiger partial charge < -0.3 is 26.0 Å². The topological polar surface area (TPSA) is 108 Å². The molecule has 1 saturated heterocycles. The molecule has 0 radical (unpaired) electrons. The summed E-state index contributed by atoms with van der Waals surface area (Å²) in [6.07, 6.45) is 6.96. The number of hydrogen-bond donors (Lipinski definition) is 4. The van der Waals surface area contributed by atoms with Crippen LogP contribution in [0.2, 0.25) is 0 Å². The molecule has 25 heavy (non-hydrogen) atoms. The molecule has 2 rings (SSSR count). The van der Waals surface area contributed by atoms with Crippen molar-refractivity contribution in [3.05, 3.63) is 11.8 Å². The Hall–Kier alpha value is -1.60. The van der Waals surface area contributed by atoms with Gasteiger partial charge in [-0.1, -0.05) is 11.8 Å². The first kappa shape index (κ1) is 19.7. The Kier molecular flexibility index (Phi) is 7.25. The van der Waals surface area contributed by atoms with E-state index in [2.05, 4.69) is 32.3 Å². The molecular weight excluding hydrogens is 341 g/mol. The van der Waals surface area contributed by atoms with Crippen LogP contribution in [0.3, 0.4) is 0 Å². The zero-order valence-electron chi connectivity index (χ0n) is 13.9. The normalized spacial score (nSPS) is 31.6. The fraction of sp³-hybridized carbons (Fsp3) is 0.588. The molecule has 8 heteroatoms. The second kappa shape index (κ2) is 9.20. The smallest absolute Gasteiger partial charge is 0.325 e. The van der Waals surface area contributed by atoms with Gasteiger partial charge in [-0.25, -0.2) is 4.79 Å². The minimum absolute atomic E-state index is 0.328. The van der Waals surface area contributed by atoms with E-state index in [0.29, 0.717) is 12.0 Å². The number of hydrogen-bond acceptors (Lipinski definition) is 5. The first-order valence-corrected chi connectivity index (χ1v) is 8.84. The van der Waals surface area contributed by atoms with Crippen LogP contribution < -0.4 is 11.1 Å². The molecule has 0 aromatic heterocycles. The van der Waals surface area contributed by atoms with Crippen molar-refractivity contribution < 1.29 is 19.7 Å². The van der Waals surface area contributed by atoms with Gasteiger partial charge in [0.05, 0.1) is 18.3 Å². The van der Waals surface area contributed by atoms with Crippen molar-refractivity contribution in [3.8, 4) is 24.2 Å². The molecular formula is C17H24N3O4P. The number of urea groups is 1. The van der Waals surface area contributed by atoms with Crippen LogP contribution in [0.1, 0.15) is 25.7 Å². The molecule has 0 aromatic carbocycles. The lowest BCUT2D eigenvalue weighted by molar-refractivity contribution is -0.0541. The van der Waals surface area contributed by atoms with Crippen molar-refractivity contribution in [3.63, 3.8) is 0 Å². The second-order valence-electron chi connectivity index (χ2n) is 5.95. The predicted molar refractivity (Wildman–Crippen MR) is 96.8 cm³/mol. The Morgan fingerprint density at radius 2 is 2.16 bits per heavy atom. The molecule has 1 fully saturated rings. The maximum atomic E-state index is 12.2. The van der Waals surface area contributed by atoms with E-state index in [1.54, 1.807) is 6.20 Å². The molecule has 2 aliphatic rings. The summed E-state index contributed by atoms with van der Waals surface area (Å²) in [4.78, 5) is 13.5. The van der Waals surface area contributed by atoms with Crippen molar-refractivity contribution in [1.82, 2.24) is 10.2 Å². The van der Waals surface area contributed by atoms with E-state index in [1.165, 1.54) is 4.90 Å². The molecule has 7 nitrogen and oxygen atoms in total. The number of nitrogens with two attached hydrogens (primary N) is 1. The van der Waals surface area contributed by atoms with Crippen molar-refractivity contribution in [2.24, 2.45) is 5.73 Å². The average molecular weight is 365 g/mol. The molecule has 2 heterocycles. The minimum Gasteiger partial charge on any atom is -0.394 e. The van der Waals surface area contributed by atoms with Crippen molar-refractivity contribution in [2.45, 2.75) is 55.9 Å². The summed E-state index contributed by atoms with van der Waals surface area (Å²) in [5.74, 6) is 8.59. The maximum Gasteiger partial charge on any atom is 0.325 e. The van der Waals surface area contributed by atoms with Gasteiger partial charge >= 0.3 is 6.03 Å². The largest absolute Gasteiger partial charge is 0.394 e. The second-order valence-corrected chi connectivity index (χ2v) is 6.72. The van der Waals surface area contributed by atoms with Crippen LogP contribution in [0, 0.1) is 24.2 Å². The van der Waals surface area contributed by atoms with Gasteiger partial charge in [-0.2, -0.15) is 0 Å². The number of rotatable bonds is 5. The number of nitrogens with one attached hydrogen (secondary N) is 1. The van der Waals surface area contributed by atoms with E-state index >= 15 is 0 Å². The number of amides is 2. The van der Waals surface area contributed by atoms with Crippen LogP contribution in [0.4, 0.5) is 4.79 Å². The highest BCUT2D eigenvalue weighted by Gasteiger charge is 2.45. The Labute approximate surface area is 150 Å². The summed E-state index contributed by atoms with van der Waals surface area (Å²) in [6, 6.07) is -0.435. The molecule has 0 bridgehead atoms. The number of carbonyl (C=O) groups excluding carboxylic acids is 1. The summed E-state index contributed by atoms with van der Waals surface area (Å²) >= 11 is 0. The van der Waals surface area contributed by atoms with E-state index in [4.69, 9.17) is 16.9 Å². The van der Waals surface area contributed by atoms with Crippen LogP contribution in [0.15, 0.2) is 11.8 Å². The first-order valence-electron chi connectivity index (χ1n) is 8.18. The predicted octanol–water partition coefficient (Wildman–Crippen LogP) is -0.301. The van der Waals surface area contributed by atoms with Gasteiger partial charge in [0.25, 0.3) is 0 Å². The van der Waals surface area contributed by atoms with Gasteiger partial charge in [0.15, 0.2) is 0 Å². The van der Waals surface area contributed by atoms with Gasteiger partial charge in [-0.3, -0.25) is 4.90 Å². The van der Waals surface area contributed by atoms with Crippen molar-refractivity contribution in [2.75, 3.05) is 6.61 Å². The number of unbranched alkanes of at least 4 members (excludes halogenated alkanes) is 3. The van der Waals surface area contributed by atoms with E-state index in [9.17, 15) is 15.0 Å². The highest BCUT2D eigenvalue weighted by atomic mass is 31.0. The molecule has 0 saturated carbocycles. The molecule has 6 atom stereocenters. The SMILES string of the molecule is C#CCCCCC#CC1=CN([C@@H]2O[C@H](CO)[C@H](O)C2P)C(=O)NC1N. The average Bonchev–Trinajstić information content (AvgIpc) is 2.87. The van der Waals surface area contributed by atoms with Gasteiger partial charge in [-0.15, -0.1) is 21.6 Å². The summed E-state index contributed by atoms with van der Waals surface area (Å²) in [6.45, 7) is -0.328. The number of terminal acetylenes is 1. The number of ether oxygens (including phenoxy) is 1. The van der Waals surface area contributed by atoms with Gasteiger partial charge in [-0.05, 0) is 12.8 Å². The van der Waals surface area contributed by atoms with Crippen LogP contribution in [0.5, 0.6) is 0 Å². The number of carbonyl (C=O) groups is 1. The van der Waals surface area contributed by atoms with Crippen molar-refractivity contribution >= 4 is 15.3 Å². The molecule has 0 aromatic rings. The number of aliphatic hydroxyl groups excluding tert-OH is 2. The van der Waals surface area contributed by atoms with E-state index in [0.717, 1.165) is 19.3 Å². The third kappa shape index (κ3) is 4.73. The number of nitrogens with zero attached hydrogens (tertiary/aromatic N) is 1. The molecule has 0 aliphatic carbocycles. The zero-order chi connectivity index (χ0) is 18.4. The van der Waals surface area contributed by atoms with Gasteiger partial charge in [0.2, 0.25) is 0 Å². The Morgan fingerprint density at radius 3 is 2.80 bits per heavy atom. The Bertz CT molecular complexity index is 622. The summed E-state index contributed by atoms with van der Waals surface area (Å²) in [7, 11) is 2.45. The Morgan fingerprint density at radius 1 is 1.44 bits per heavy atom. The number of aliphatic hydroxyl groups is 2. The fourth-order valence-electron chi connectivity index (χ4n) is 2.65. The zero-order valence-corrected chi connectivity index (χ0v) is 15.0. The highest BCUT2D eigenvalue weighted by molar-refractivity contribution is 7.17. The van der Waals surface area contributed by atoms with Crippen LogP contribution in [0.25, 0.3) is 0 Å². The first-order chi connectivity index (χ1) is 12.0. The lowest BCUT2D eigenvalue weighted by atomic mass is 10.1. The highest BCUT2D eigenvalue weighted by Crippen LogP contribution is 2.31. The summed E-state index contributed by atoms with van der Waals surface area (Å²) in [5, 5.41) is 21.9. The van der Waals surface area contributed by atoms with Crippen LogP contribution in [-0.2, 0) is 4.74 Å². The van der Waals surface area contributed by atoms with Crippen molar-refractivity contribution in [1.29, 1.82) is 0 Å². The molecule has 2 amide bonds. The van der Waals surface area contributed by atoms with Crippen LogP contribution in [-0.4, -0.2) is 58.0 Å². The summed E-state index contributed by atoms with van der Waals surface area (Å²) < 4.78 is 5.59. The lowest BCUT2D eigenvalue weighted by Gasteiger charge is -2.33.